The standard InChI is InChI=1S/3C2H6O.H2O4S/c3*1-2-3;1-5(2,3)4/h3*3H,2H2,1H3;(H2,1,2,3,4). The third-order valence-electron chi connectivity index (χ3n) is 0. The molecule has 14 heavy (non-hydrogen) atoms. The highest BCUT2D eigenvalue weighted by atomic mass is 32.3. The largest absolute Gasteiger partial charge is 0.397 e. The van der Waals surface area contributed by atoms with Crippen LogP contribution in [0.1, 0.15) is 20.8 Å². The van der Waals surface area contributed by atoms with E-state index in [1.54, 1.807) is 20.8 Å². The second kappa shape index (κ2) is 23.0. The quantitative estimate of drug-likeness (QED) is 0.352. The van der Waals surface area contributed by atoms with E-state index in [2.05, 4.69) is 0 Å². The first kappa shape index (κ1) is 23.5. The molecular formula is C6H20O7S. The fourth-order valence-electron chi connectivity index (χ4n) is 0. The van der Waals surface area contributed by atoms with Crippen molar-refractivity contribution in [1.29, 1.82) is 0 Å². The van der Waals surface area contributed by atoms with Crippen LogP contribution < -0.4 is 0 Å². The maximum atomic E-state index is 8.74. The molecule has 0 heterocycles. The van der Waals surface area contributed by atoms with E-state index in [0.717, 1.165) is 0 Å². The van der Waals surface area contributed by atoms with Gasteiger partial charge in [-0.15, -0.1) is 0 Å². The molecule has 5 N–H and O–H groups in total. The van der Waals surface area contributed by atoms with Crippen LogP contribution in [0.25, 0.3) is 0 Å². The molecule has 7 nitrogen and oxygen atoms in total. The molecule has 0 amide bonds. The first-order valence-corrected chi connectivity index (χ1v) is 5.17. The molecule has 0 aliphatic rings. The van der Waals surface area contributed by atoms with Gasteiger partial charge in [0.15, 0.2) is 0 Å². The molecule has 0 saturated carbocycles. The monoisotopic (exact) mass is 236 g/mol. The number of hydrogen-bond donors (Lipinski definition) is 5. The van der Waals surface area contributed by atoms with E-state index < -0.39 is 10.4 Å². The first-order chi connectivity index (χ1) is 6.24. The van der Waals surface area contributed by atoms with Crippen LogP contribution in [0.2, 0.25) is 0 Å². The molecule has 0 aliphatic carbocycles. The molecule has 0 aromatic rings. The van der Waals surface area contributed by atoms with Crippen molar-refractivity contribution in [3.8, 4) is 0 Å². The zero-order valence-electron chi connectivity index (χ0n) is 8.58. The van der Waals surface area contributed by atoms with Crippen LogP contribution in [0, 0.1) is 0 Å². The summed E-state index contributed by atoms with van der Waals surface area (Å²) in [6.45, 7) is 5.79. The third-order valence-corrected chi connectivity index (χ3v) is 0. The van der Waals surface area contributed by atoms with Gasteiger partial charge >= 0.3 is 10.4 Å². The smallest absolute Gasteiger partial charge is 0.394 e. The van der Waals surface area contributed by atoms with E-state index in [1.807, 2.05) is 0 Å². The van der Waals surface area contributed by atoms with Crippen molar-refractivity contribution in [2.75, 3.05) is 19.8 Å². The number of rotatable bonds is 0. The van der Waals surface area contributed by atoms with Crippen LogP contribution in [0.3, 0.4) is 0 Å². The zero-order chi connectivity index (χ0) is 12.6. The molecule has 92 valence electrons. The van der Waals surface area contributed by atoms with Gasteiger partial charge in [-0.2, -0.15) is 8.42 Å². The highest BCUT2D eigenvalue weighted by Gasteiger charge is 1.84. The van der Waals surface area contributed by atoms with Crippen LogP contribution in [0.15, 0.2) is 0 Å². The van der Waals surface area contributed by atoms with Crippen molar-refractivity contribution < 1.29 is 32.8 Å². The predicted octanol–water partition coefficient (Wildman–Crippen LogP) is -0.657. The van der Waals surface area contributed by atoms with Gasteiger partial charge in [0.05, 0.1) is 0 Å². The Morgan fingerprint density at radius 3 is 0.786 bits per heavy atom. The predicted molar refractivity (Wildman–Crippen MR) is 52.5 cm³/mol. The Morgan fingerprint density at radius 1 is 0.786 bits per heavy atom. The molecule has 0 saturated heterocycles. The molecule has 0 atom stereocenters. The van der Waals surface area contributed by atoms with Gasteiger partial charge in [0.25, 0.3) is 0 Å². The fourth-order valence-corrected chi connectivity index (χ4v) is 0. The minimum absolute atomic E-state index is 0.250. The molecule has 0 unspecified atom stereocenters. The first-order valence-electron chi connectivity index (χ1n) is 3.77. The molecule has 0 fully saturated rings. The Kier molecular flexibility index (Phi) is 38.6. The molecule has 8 heteroatoms. The van der Waals surface area contributed by atoms with Gasteiger partial charge in [-0.1, -0.05) is 0 Å². The van der Waals surface area contributed by atoms with Crippen molar-refractivity contribution in [2.45, 2.75) is 20.8 Å². The summed E-state index contributed by atoms with van der Waals surface area (Å²) in [7, 11) is -4.67. The van der Waals surface area contributed by atoms with E-state index in [-0.39, 0.29) is 19.8 Å². The molecule has 0 spiro atoms. The second-order valence-corrected chi connectivity index (χ2v) is 2.29. The van der Waals surface area contributed by atoms with Crippen molar-refractivity contribution in [3.05, 3.63) is 0 Å². The highest BCUT2D eigenvalue weighted by molar-refractivity contribution is 7.79. The lowest BCUT2D eigenvalue weighted by Crippen LogP contribution is -1.89. The molecule has 0 rings (SSSR count). The van der Waals surface area contributed by atoms with Crippen LogP contribution in [-0.4, -0.2) is 52.7 Å². The Morgan fingerprint density at radius 2 is 0.786 bits per heavy atom. The summed E-state index contributed by atoms with van der Waals surface area (Å²) < 4.78 is 31.6. The van der Waals surface area contributed by atoms with Crippen LogP contribution in [0.4, 0.5) is 0 Å². The van der Waals surface area contributed by atoms with Gasteiger partial charge in [-0.25, -0.2) is 0 Å². The van der Waals surface area contributed by atoms with Gasteiger partial charge < -0.3 is 15.3 Å². The molecule has 0 aromatic heterocycles. The van der Waals surface area contributed by atoms with E-state index in [1.165, 1.54) is 0 Å². The Bertz CT molecular complexity index is 130. The summed E-state index contributed by atoms with van der Waals surface area (Å²) in [6.07, 6.45) is 0. The van der Waals surface area contributed by atoms with Crippen molar-refractivity contribution >= 4 is 10.4 Å². The van der Waals surface area contributed by atoms with Gasteiger partial charge in [0, 0.05) is 19.8 Å². The van der Waals surface area contributed by atoms with Crippen molar-refractivity contribution in [1.82, 2.24) is 0 Å². The zero-order valence-corrected chi connectivity index (χ0v) is 9.40. The topological polar surface area (TPSA) is 135 Å². The Labute approximate surface area is 84.6 Å². The average Bonchev–Trinajstić information content (AvgIpc) is 1.86. The average molecular weight is 236 g/mol. The van der Waals surface area contributed by atoms with E-state index in [9.17, 15) is 0 Å². The molecular weight excluding hydrogens is 216 g/mol. The minimum Gasteiger partial charge on any atom is -0.397 e. The van der Waals surface area contributed by atoms with E-state index >= 15 is 0 Å². The Hall–Kier alpha value is -0.250. The molecule has 0 aliphatic heterocycles. The minimum atomic E-state index is -4.67. The normalized spacial score (nSPS) is 8.00. The summed E-state index contributed by atoms with van der Waals surface area (Å²) in [4.78, 5) is 0. The van der Waals surface area contributed by atoms with E-state index in [0.29, 0.717) is 0 Å². The molecule has 0 radical (unpaired) electrons. The third kappa shape index (κ3) is 21700. The van der Waals surface area contributed by atoms with Crippen LogP contribution in [0.5, 0.6) is 0 Å². The fraction of sp³-hybridized carbons (Fsp3) is 1.00. The van der Waals surface area contributed by atoms with Gasteiger partial charge in [0.2, 0.25) is 0 Å². The van der Waals surface area contributed by atoms with Gasteiger partial charge in [0.1, 0.15) is 0 Å². The SMILES string of the molecule is CCO.CCO.CCO.O=S(=O)(O)O. The van der Waals surface area contributed by atoms with Crippen molar-refractivity contribution in [2.24, 2.45) is 0 Å². The maximum absolute atomic E-state index is 8.74. The summed E-state index contributed by atoms with van der Waals surface area (Å²) in [5, 5.41) is 22.7. The number of aliphatic hydroxyl groups is 3. The second-order valence-electron chi connectivity index (χ2n) is 1.40. The van der Waals surface area contributed by atoms with Crippen molar-refractivity contribution in [3.63, 3.8) is 0 Å². The lowest BCUT2D eigenvalue weighted by molar-refractivity contribution is 0.318. The summed E-state index contributed by atoms with van der Waals surface area (Å²) in [6, 6.07) is 0. The van der Waals surface area contributed by atoms with Crippen LogP contribution in [-0.2, 0) is 10.4 Å². The summed E-state index contributed by atoms with van der Waals surface area (Å²) in [5.41, 5.74) is 0. The number of hydrogen-bond acceptors (Lipinski definition) is 5. The molecule has 0 bridgehead atoms. The summed E-state index contributed by atoms with van der Waals surface area (Å²) in [5.74, 6) is 0. The highest BCUT2D eigenvalue weighted by Crippen LogP contribution is 1.59. The Balaban J connectivity index is -0.0000000495. The molecule has 0 aromatic carbocycles. The van der Waals surface area contributed by atoms with Gasteiger partial charge in [-0.05, 0) is 20.8 Å². The van der Waals surface area contributed by atoms with E-state index in [4.69, 9.17) is 32.8 Å². The lowest BCUT2D eigenvalue weighted by Gasteiger charge is -1.68. The van der Waals surface area contributed by atoms with Crippen LogP contribution >= 0.6 is 0 Å². The summed E-state index contributed by atoms with van der Waals surface area (Å²) >= 11 is 0. The number of aliphatic hydroxyl groups excluding tert-OH is 3. The lowest BCUT2D eigenvalue weighted by atomic mass is 10.9. The maximum Gasteiger partial charge on any atom is 0.394 e. The van der Waals surface area contributed by atoms with Gasteiger partial charge in [-0.3, -0.25) is 9.11 Å².